The van der Waals surface area contributed by atoms with E-state index in [2.05, 4.69) is 25.0 Å². The van der Waals surface area contributed by atoms with E-state index in [-0.39, 0.29) is 4.90 Å². The van der Waals surface area contributed by atoms with E-state index in [1.807, 2.05) is 37.3 Å². The van der Waals surface area contributed by atoms with Crippen molar-refractivity contribution in [2.75, 3.05) is 4.72 Å². The summed E-state index contributed by atoms with van der Waals surface area (Å²) in [5.74, 6) is 0.575. The fourth-order valence-electron chi connectivity index (χ4n) is 3.29. The van der Waals surface area contributed by atoms with Gasteiger partial charge in [-0.3, -0.25) is 9.71 Å². The van der Waals surface area contributed by atoms with Gasteiger partial charge in [0.1, 0.15) is 0 Å². The van der Waals surface area contributed by atoms with Gasteiger partial charge in [0.2, 0.25) is 0 Å². The summed E-state index contributed by atoms with van der Waals surface area (Å²) in [6.07, 6.45) is 3.39. The third-order valence-corrected chi connectivity index (χ3v) is 6.32. The van der Waals surface area contributed by atoms with Crippen LogP contribution < -0.4 is 4.72 Å². The average Bonchev–Trinajstić information content (AvgIpc) is 3.23. The van der Waals surface area contributed by atoms with Crippen molar-refractivity contribution in [3.63, 3.8) is 0 Å². The number of nitrogens with one attached hydrogen (secondary N) is 1. The fraction of sp³-hybridized carbons (Fsp3) is 0.0435. The molecule has 1 N–H and O–H groups in total. The molecule has 0 atom stereocenters. The fourth-order valence-corrected chi connectivity index (χ4v) is 4.34. The lowest BCUT2D eigenvalue weighted by atomic mass is 10.1. The van der Waals surface area contributed by atoms with Crippen LogP contribution in [0.5, 0.6) is 0 Å². The molecule has 0 saturated heterocycles. The van der Waals surface area contributed by atoms with Crippen molar-refractivity contribution in [3.05, 3.63) is 90.8 Å². The zero-order chi connectivity index (χ0) is 22.1. The predicted molar refractivity (Wildman–Crippen MR) is 121 cm³/mol. The van der Waals surface area contributed by atoms with Gasteiger partial charge in [-0.1, -0.05) is 29.8 Å². The van der Waals surface area contributed by atoms with Gasteiger partial charge in [-0.05, 0) is 55.5 Å². The molecule has 0 saturated carbocycles. The van der Waals surface area contributed by atoms with E-state index < -0.39 is 10.0 Å². The standard InChI is InChI=1S/C23H18N6O2S/c1-16-7-9-20(10-8-16)32(30,31)28-19-6-2-4-17(14-19)21-11-12-22-25-26-23(29(22)27-21)18-5-3-13-24-15-18/h2-15,28H,1H3. The summed E-state index contributed by atoms with van der Waals surface area (Å²) < 4.78 is 29.8. The predicted octanol–water partition coefficient (Wildman–Crippen LogP) is 3.96. The Morgan fingerprint density at radius 3 is 2.47 bits per heavy atom. The van der Waals surface area contributed by atoms with E-state index in [1.165, 1.54) is 0 Å². The number of hydrogen-bond donors (Lipinski definition) is 1. The van der Waals surface area contributed by atoms with E-state index in [9.17, 15) is 8.42 Å². The largest absolute Gasteiger partial charge is 0.280 e. The highest BCUT2D eigenvalue weighted by atomic mass is 32.2. The minimum Gasteiger partial charge on any atom is -0.280 e. The maximum Gasteiger partial charge on any atom is 0.261 e. The summed E-state index contributed by atoms with van der Waals surface area (Å²) in [6.45, 7) is 1.91. The average molecular weight is 443 g/mol. The summed E-state index contributed by atoms with van der Waals surface area (Å²) in [7, 11) is -3.70. The summed E-state index contributed by atoms with van der Waals surface area (Å²) >= 11 is 0. The summed E-state index contributed by atoms with van der Waals surface area (Å²) in [6, 6.07) is 21.2. The first-order valence-electron chi connectivity index (χ1n) is 9.82. The van der Waals surface area contributed by atoms with Crippen LogP contribution in [0.3, 0.4) is 0 Å². The molecular weight excluding hydrogens is 424 g/mol. The molecule has 5 rings (SSSR count). The minimum absolute atomic E-state index is 0.207. The Morgan fingerprint density at radius 1 is 0.875 bits per heavy atom. The van der Waals surface area contributed by atoms with Crippen LogP contribution in [0.1, 0.15) is 5.56 Å². The third-order valence-electron chi connectivity index (χ3n) is 4.92. The van der Waals surface area contributed by atoms with Gasteiger partial charge in [-0.15, -0.1) is 10.2 Å². The van der Waals surface area contributed by atoms with Gasteiger partial charge in [0.25, 0.3) is 10.0 Å². The molecule has 9 heteroatoms. The molecule has 0 bridgehead atoms. The monoisotopic (exact) mass is 442 g/mol. The first-order chi connectivity index (χ1) is 15.5. The van der Waals surface area contributed by atoms with E-state index in [4.69, 9.17) is 0 Å². The molecule has 5 aromatic rings. The van der Waals surface area contributed by atoms with Gasteiger partial charge >= 0.3 is 0 Å². The number of nitrogens with zero attached hydrogens (tertiary/aromatic N) is 5. The molecule has 0 aliphatic heterocycles. The molecule has 0 aliphatic rings. The van der Waals surface area contributed by atoms with Crippen molar-refractivity contribution < 1.29 is 8.42 Å². The normalized spacial score (nSPS) is 11.5. The zero-order valence-electron chi connectivity index (χ0n) is 17.0. The lowest BCUT2D eigenvalue weighted by Gasteiger charge is -2.10. The van der Waals surface area contributed by atoms with Gasteiger partial charge in [0.15, 0.2) is 11.5 Å². The number of rotatable bonds is 5. The van der Waals surface area contributed by atoms with E-state index in [1.54, 1.807) is 59.4 Å². The lowest BCUT2D eigenvalue weighted by molar-refractivity contribution is 0.601. The molecule has 0 unspecified atom stereocenters. The number of fused-ring (bicyclic) bond motifs is 1. The maximum atomic E-state index is 12.7. The van der Waals surface area contributed by atoms with Crippen LogP contribution in [-0.2, 0) is 10.0 Å². The Morgan fingerprint density at radius 2 is 1.69 bits per heavy atom. The van der Waals surface area contributed by atoms with Gasteiger partial charge in [-0.2, -0.15) is 9.61 Å². The molecule has 8 nitrogen and oxygen atoms in total. The molecular formula is C23H18N6O2S. The Hall–Kier alpha value is -4.11. The Labute approximate surface area is 184 Å². The molecule has 2 aromatic carbocycles. The van der Waals surface area contributed by atoms with Crippen LogP contribution in [0.2, 0.25) is 0 Å². The van der Waals surface area contributed by atoms with Crippen LogP contribution in [0.25, 0.3) is 28.3 Å². The van der Waals surface area contributed by atoms with Gasteiger partial charge in [0.05, 0.1) is 10.6 Å². The molecule has 158 valence electrons. The first kappa shape index (κ1) is 19.8. The van der Waals surface area contributed by atoms with Gasteiger partial charge in [0, 0.05) is 29.2 Å². The summed E-state index contributed by atoms with van der Waals surface area (Å²) in [5, 5.41) is 13.1. The second kappa shape index (κ2) is 7.86. The van der Waals surface area contributed by atoms with Crippen LogP contribution in [0.4, 0.5) is 5.69 Å². The van der Waals surface area contributed by atoms with Gasteiger partial charge in [-0.25, -0.2) is 8.42 Å². The van der Waals surface area contributed by atoms with Crippen molar-refractivity contribution in [2.24, 2.45) is 0 Å². The highest BCUT2D eigenvalue weighted by Gasteiger charge is 2.15. The van der Waals surface area contributed by atoms with Crippen molar-refractivity contribution in [1.29, 1.82) is 0 Å². The number of anilines is 1. The van der Waals surface area contributed by atoms with Crippen molar-refractivity contribution in [1.82, 2.24) is 24.8 Å². The molecule has 32 heavy (non-hydrogen) atoms. The van der Waals surface area contributed by atoms with Crippen molar-refractivity contribution in [3.8, 4) is 22.6 Å². The molecule has 0 spiro atoms. The second-order valence-electron chi connectivity index (χ2n) is 7.25. The van der Waals surface area contributed by atoms with Crippen molar-refractivity contribution >= 4 is 21.4 Å². The molecule has 0 fully saturated rings. The van der Waals surface area contributed by atoms with Crippen LogP contribution in [-0.4, -0.2) is 33.2 Å². The molecule has 0 aliphatic carbocycles. The zero-order valence-corrected chi connectivity index (χ0v) is 17.9. The highest BCUT2D eigenvalue weighted by molar-refractivity contribution is 7.92. The van der Waals surface area contributed by atoms with Crippen molar-refractivity contribution in [2.45, 2.75) is 11.8 Å². The maximum absolute atomic E-state index is 12.7. The van der Waals surface area contributed by atoms with Gasteiger partial charge < -0.3 is 0 Å². The molecule has 3 aromatic heterocycles. The number of aromatic nitrogens is 5. The Kier molecular flexibility index (Phi) is 4.87. The molecule has 0 amide bonds. The number of hydrogen-bond acceptors (Lipinski definition) is 6. The number of sulfonamides is 1. The highest BCUT2D eigenvalue weighted by Crippen LogP contribution is 2.24. The number of aryl methyl sites for hydroxylation is 1. The molecule has 0 radical (unpaired) electrons. The number of benzene rings is 2. The molecule has 3 heterocycles. The lowest BCUT2D eigenvalue weighted by Crippen LogP contribution is -2.12. The Balaban J connectivity index is 1.50. The smallest absolute Gasteiger partial charge is 0.261 e. The second-order valence-corrected chi connectivity index (χ2v) is 8.94. The first-order valence-corrected chi connectivity index (χ1v) is 11.3. The van der Waals surface area contributed by atoms with E-state index >= 15 is 0 Å². The SMILES string of the molecule is Cc1ccc(S(=O)(=O)Nc2cccc(-c3ccc4nnc(-c5cccnc5)n4n3)c2)cc1. The summed E-state index contributed by atoms with van der Waals surface area (Å²) in [4.78, 5) is 4.34. The number of pyridine rings is 1. The minimum atomic E-state index is -3.70. The third kappa shape index (κ3) is 3.81. The van der Waals surface area contributed by atoms with Crippen LogP contribution in [0.15, 0.2) is 90.1 Å². The Bertz CT molecular complexity index is 1510. The van der Waals surface area contributed by atoms with Crippen LogP contribution in [0, 0.1) is 6.92 Å². The van der Waals surface area contributed by atoms with Crippen LogP contribution >= 0.6 is 0 Å². The quantitative estimate of drug-likeness (QED) is 0.442. The van der Waals surface area contributed by atoms with E-state index in [0.717, 1.165) is 16.7 Å². The summed E-state index contributed by atoms with van der Waals surface area (Å²) in [5.41, 5.74) is 4.24. The topological polar surface area (TPSA) is 102 Å². The van der Waals surface area contributed by atoms with E-state index in [0.29, 0.717) is 22.9 Å².